The quantitative estimate of drug-likeness (QED) is 0.810. The number of aryl methyl sites for hydroxylation is 1. The molecule has 3 atom stereocenters. The van der Waals surface area contributed by atoms with E-state index < -0.39 is 0 Å². The molecule has 0 N–H and O–H groups in total. The third-order valence-corrected chi connectivity index (χ3v) is 7.86. The zero-order valence-electron chi connectivity index (χ0n) is 15.9. The monoisotopic (exact) mass is 382 g/mol. The molecular weight excluding hydrogens is 356 g/mol. The fourth-order valence-electron chi connectivity index (χ4n) is 5.52. The largest absolute Gasteiger partial charge is 0.497 e. The molecule has 6 rings (SSSR count). The van der Waals surface area contributed by atoms with Crippen molar-refractivity contribution in [3.8, 4) is 5.75 Å². The number of methoxy groups -OCH3 is 1. The summed E-state index contributed by atoms with van der Waals surface area (Å²) in [5.41, 5.74) is 2.44. The lowest BCUT2D eigenvalue weighted by Gasteiger charge is -2.51. The Bertz CT molecular complexity index is 838. The van der Waals surface area contributed by atoms with Crippen molar-refractivity contribution in [1.82, 2.24) is 9.80 Å². The van der Waals surface area contributed by atoms with E-state index >= 15 is 0 Å². The van der Waals surface area contributed by atoms with Crippen LogP contribution in [-0.2, 0) is 0 Å². The number of carbonyl (C=O) groups is 1. The predicted octanol–water partition coefficient (Wildman–Crippen LogP) is 3.77. The van der Waals surface area contributed by atoms with Crippen molar-refractivity contribution >= 4 is 17.2 Å². The minimum absolute atomic E-state index is 0.238. The first-order valence-electron chi connectivity index (χ1n) is 9.90. The number of benzene rings is 1. The Morgan fingerprint density at radius 2 is 1.85 bits per heavy atom. The molecule has 4 nitrogen and oxygen atoms in total. The molecule has 0 aliphatic carbocycles. The van der Waals surface area contributed by atoms with Gasteiger partial charge in [-0.3, -0.25) is 9.69 Å². The molecule has 4 saturated heterocycles. The summed E-state index contributed by atoms with van der Waals surface area (Å²) >= 11 is 1.58. The number of ether oxygens (including phenoxy) is 1. The highest BCUT2D eigenvalue weighted by Gasteiger charge is 2.54. The zero-order valence-corrected chi connectivity index (χ0v) is 16.7. The summed E-state index contributed by atoms with van der Waals surface area (Å²) in [4.78, 5) is 19.2. The van der Waals surface area contributed by atoms with Gasteiger partial charge in [0.25, 0.3) is 5.91 Å². The number of amides is 1. The number of hydrogen-bond acceptors (Lipinski definition) is 4. The van der Waals surface area contributed by atoms with Crippen molar-refractivity contribution < 1.29 is 9.53 Å². The number of rotatable bonds is 3. The molecule has 5 heterocycles. The number of nitrogens with zero attached hydrogens (tertiary/aromatic N) is 2. The maximum absolute atomic E-state index is 13.4. The Hall–Kier alpha value is -1.85. The topological polar surface area (TPSA) is 32.8 Å². The summed E-state index contributed by atoms with van der Waals surface area (Å²) in [6.07, 6.45) is 2.45. The first-order valence-corrected chi connectivity index (χ1v) is 10.8. The van der Waals surface area contributed by atoms with Crippen LogP contribution in [0.1, 0.15) is 39.6 Å². The van der Waals surface area contributed by atoms with Gasteiger partial charge in [0.2, 0.25) is 0 Å². The second-order valence-electron chi connectivity index (χ2n) is 8.12. The highest BCUT2D eigenvalue weighted by atomic mass is 32.1. The van der Waals surface area contributed by atoms with Gasteiger partial charge in [-0.25, -0.2) is 0 Å². The Labute approximate surface area is 164 Å². The summed E-state index contributed by atoms with van der Waals surface area (Å²) in [5, 5.41) is 2.04. The highest BCUT2D eigenvalue weighted by molar-refractivity contribution is 7.12. The van der Waals surface area contributed by atoms with Crippen LogP contribution in [0.15, 0.2) is 35.7 Å². The van der Waals surface area contributed by atoms with Crippen LogP contribution >= 0.6 is 11.3 Å². The Kier molecular flexibility index (Phi) is 4.25. The summed E-state index contributed by atoms with van der Waals surface area (Å²) in [5.74, 6) is 2.16. The summed E-state index contributed by atoms with van der Waals surface area (Å²) in [6, 6.07) is 11.3. The van der Waals surface area contributed by atoms with Crippen LogP contribution < -0.4 is 4.74 Å². The number of piperidine rings is 3. The van der Waals surface area contributed by atoms with E-state index in [0.29, 0.717) is 23.9 Å². The van der Waals surface area contributed by atoms with Crippen LogP contribution in [0, 0.1) is 12.8 Å². The fourth-order valence-corrected chi connectivity index (χ4v) is 6.40. The summed E-state index contributed by atoms with van der Waals surface area (Å²) in [6.45, 7) is 5.23. The van der Waals surface area contributed by atoms with Gasteiger partial charge in [0, 0.05) is 18.5 Å². The van der Waals surface area contributed by atoms with E-state index in [1.807, 2.05) is 5.38 Å². The zero-order chi connectivity index (χ0) is 18.5. The van der Waals surface area contributed by atoms with Gasteiger partial charge in [-0.15, -0.1) is 11.3 Å². The van der Waals surface area contributed by atoms with E-state index in [9.17, 15) is 4.79 Å². The molecule has 2 aromatic rings. The maximum atomic E-state index is 13.4. The molecule has 2 bridgehead atoms. The van der Waals surface area contributed by atoms with Crippen LogP contribution in [0.2, 0.25) is 0 Å². The van der Waals surface area contributed by atoms with Crippen LogP contribution in [-0.4, -0.2) is 54.5 Å². The first-order chi connectivity index (χ1) is 13.2. The van der Waals surface area contributed by atoms with E-state index in [0.717, 1.165) is 22.7 Å². The molecule has 0 spiro atoms. The standard InChI is InChI=1S/C22H26N2O2S/c1-14-9-12-27-21(14)22(25)24-13-18(15-3-5-17(26-2)6-4-15)20-19(24)16-7-10-23(20)11-8-16/h3-6,9,12,16,18-20H,7-8,10-11,13H2,1-2H3/t18-,19+,20+/m0/s1. The lowest BCUT2D eigenvalue weighted by molar-refractivity contribution is -0.00328. The smallest absolute Gasteiger partial charge is 0.264 e. The van der Waals surface area contributed by atoms with Crippen molar-refractivity contribution in [2.45, 2.75) is 37.8 Å². The Balaban J connectivity index is 1.51. The maximum Gasteiger partial charge on any atom is 0.264 e. The lowest BCUT2D eigenvalue weighted by atomic mass is 9.75. The molecular formula is C22H26N2O2S. The van der Waals surface area contributed by atoms with Gasteiger partial charge in [-0.1, -0.05) is 12.1 Å². The van der Waals surface area contributed by atoms with Gasteiger partial charge in [0.05, 0.1) is 18.0 Å². The molecule has 0 radical (unpaired) electrons. The fraction of sp³-hybridized carbons (Fsp3) is 0.500. The molecule has 1 amide bonds. The van der Waals surface area contributed by atoms with E-state index in [1.165, 1.54) is 31.5 Å². The molecule has 1 aromatic carbocycles. The van der Waals surface area contributed by atoms with Crippen molar-refractivity contribution in [3.63, 3.8) is 0 Å². The van der Waals surface area contributed by atoms with Crippen LogP contribution in [0.5, 0.6) is 5.75 Å². The highest BCUT2D eigenvalue weighted by Crippen LogP contribution is 2.47. The average Bonchev–Trinajstić information content (AvgIpc) is 3.34. The molecule has 4 aliphatic heterocycles. The summed E-state index contributed by atoms with van der Waals surface area (Å²) < 4.78 is 5.34. The second-order valence-corrected chi connectivity index (χ2v) is 9.04. The number of thiophene rings is 1. The molecule has 4 fully saturated rings. The molecule has 0 unspecified atom stereocenters. The number of fused-ring (bicyclic) bond motifs is 2. The average molecular weight is 383 g/mol. The second kappa shape index (κ2) is 6.64. The van der Waals surface area contributed by atoms with Crippen molar-refractivity contribution in [3.05, 3.63) is 51.7 Å². The minimum atomic E-state index is 0.238. The van der Waals surface area contributed by atoms with Crippen LogP contribution in [0.3, 0.4) is 0 Å². The van der Waals surface area contributed by atoms with Crippen molar-refractivity contribution in [1.29, 1.82) is 0 Å². The number of likely N-dealkylation sites (tertiary alicyclic amines) is 1. The van der Waals surface area contributed by atoms with E-state index in [4.69, 9.17) is 4.74 Å². The van der Waals surface area contributed by atoms with Gasteiger partial charge in [-0.05, 0) is 73.5 Å². The van der Waals surface area contributed by atoms with Crippen molar-refractivity contribution in [2.75, 3.05) is 26.7 Å². The molecule has 0 saturated carbocycles. The van der Waals surface area contributed by atoms with Gasteiger partial charge in [0.1, 0.15) is 5.75 Å². The lowest BCUT2D eigenvalue weighted by Crippen LogP contribution is -2.60. The minimum Gasteiger partial charge on any atom is -0.497 e. The Morgan fingerprint density at radius 1 is 1.11 bits per heavy atom. The van der Waals surface area contributed by atoms with Gasteiger partial charge in [-0.2, -0.15) is 0 Å². The third-order valence-electron chi connectivity index (χ3n) is 6.86. The van der Waals surface area contributed by atoms with Gasteiger partial charge in [0.15, 0.2) is 0 Å². The molecule has 5 heteroatoms. The number of hydrogen-bond donors (Lipinski definition) is 0. The Morgan fingerprint density at radius 3 is 2.48 bits per heavy atom. The molecule has 27 heavy (non-hydrogen) atoms. The van der Waals surface area contributed by atoms with E-state index in [1.54, 1.807) is 18.4 Å². The molecule has 142 valence electrons. The summed E-state index contributed by atoms with van der Waals surface area (Å²) in [7, 11) is 1.70. The van der Waals surface area contributed by atoms with Crippen LogP contribution in [0.25, 0.3) is 0 Å². The third kappa shape index (κ3) is 2.71. The predicted molar refractivity (Wildman–Crippen MR) is 108 cm³/mol. The van der Waals surface area contributed by atoms with Crippen molar-refractivity contribution in [2.24, 2.45) is 5.92 Å². The van der Waals surface area contributed by atoms with Gasteiger partial charge >= 0.3 is 0 Å². The van der Waals surface area contributed by atoms with E-state index in [-0.39, 0.29) is 5.91 Å². The van der Waals surface area contributed by atoms with Gasteiger partial charge < -0.3 is 9.64 Å². The van der Waals surface area contributed by atoms with E-state index in [2.05, 4.69) is 47.1 Å². The first kappa shape index (κ1) is 17.3. The molecule has 1 aromatic heterocycles. The number of carbonyl (C=O) groups excluding carboxylic acids is 1. The van der Waals surface area contributed by atoms with Crippen LogP contribution in [0.4, 0.5) is 0 Å². The SMILES string of the molecule is COc1ccc([C@@H]2CN(C(=O)c3sccc3C)[C@@H]3C4CCN(CC4)[C@@H]32)cc1. The normalized spacial score (nSPS) is 31.8. The molecule has 4 aliphatic rings.